The number of hydrogen-bond donors (Lipinski definition) is 0. The normalized spacial score (nSPS) is 17.2. The zero-order valence-corrected chi connectivity index (χ0v) is 7.38. The van der Waals surface area contributed by atoms with E-state index in [1.54, 1.807) is 6.07 Å². The maximum Gasteiger partial charge on any atom is 0.177 e. The van der Waals surface area contributed by atoms with Gasteiger partial charge < -0.3 is 0 Å². The molecule has 0 unspecified atom stereocenters. The Morgan fingerprint density at radius 2 is 2.15 bits per heavy atom. The van der Waals surface area contributed by atoms with Crippen LogP contribution in [0.2, 0.25) is 0 Å². The summed E-state index contributed by atoms with van der Waals surface area (Å²) in [6.45, 7) is 1.11. The van der Waals surface area contributed by atoms with E-state index in [-0.39, 0.29) is 11.6 Å². The molecule has 0 amide bonds. The number of likely N-dealkylation sites (N-methyl/N-ethyl adjacent to an activating group) is 1. The summed E-state index contributed by atoms with van der Waals surface area (Å²) in [5.41, 5.74) is 1.46. The highest BCUT2D eigenvalue weighted by molar-refractivity contribution is 5.99. The predicted molar refractivity (Wildman–Crippen MR) is 47.1 cm³/mol. The molecule has 0 aromatic heterocycles. The third-order valence-electron chi connectivity index (χ3n) is 2.23. The van der Waals surface area contributed by atoms with Gasteiger partial charge in [0.15, 0.2) is 5.78 Å². The molecule has 2 nitrogen and oxygen atoms in total. The Balaban J connectivity index is 2.49. The van der Waals surface area contributed by atoms with E-state index in [4.69, 9.17) is 0 Å². The topological polar surface area (TPSA) is 20.3 Å². The number of Topliss-reactive ketones (excluding diaryl/α,β-unsaturated/α-hetero) is 1. The first kappa shape index (κ1) is 8.38. The molecule has 0 saturated carbocycles. The Labute approximate surface area is 76.0 Å². The number of rotatable bonds is 0. The van der Waals surface area contributed by atoms with Gasteiger partial charge in [0, 0.05) is 12.1 Å². The molecule has 0 spiro atoms. The molecule has 0 N–H and O–H groups in total. The number of nitrogens with zero attached hydrogens (tertiary/aromatic N) is 1. The maximum atomic E-state index is 12.8. The summed E-state index contributed by atoms with van der Waals surface area (Å²) >= 11 is 0. The van der Waals surface area contributed by atoms with Crippen LogP contribution < -0.4 is 0 Å². The summed E-state index contributed by atoms with van der Waals surface area (Å²) in [4.78, 5) is 13.4. The molecule has 0 fully saturated rings. The predicted octanol–water partition coefficient (Wildman–Crippen LogP) is 1.45. The van der Waals surface area contributed by atoms with Crippen LogP contribution in [0.15, 0.2) is 18.2 Å². The zero-order valence-electron chi connectivity index (χ0n) is 7.38. The SMILES string of the molecule is CN1CC(=O)c2cc(F)ccc2C1. The van der Waals surface area contributed by atoms with Crippen molar-refractivity contribution in [2.45, 2.75) is 6.54 Å². The molecule has 1 aliphatic heterocycles. The molecule has 0 bridgehead atoms. The summed E-state index contributed by atoms with van der Waals surface area (Å²) in [7, 11) is 1.88. The van der Waals surface area contributed by atoms with Crippen molar-refractivity contribution in [3.05, 3.63) is 35.1 Å². The van der Waals surface area contributed by atoms with E-state index in [2.05, 4.69) is 0 Å². The largest absolute Gasteiger partial charge is 0.295 e. The highest BCUT2D eigenvalue weighted by Crippen LogP contribution is 2.18. The van der Waals surface area contributed by atoms with Crippen LogP contribution in [0.4, 0.5) is 4.39 Å². The fraction of sp³-hybridized carbons (Fsp3) is 0.300. The second kappa shape index (κ2) is 2.92. The third kappa shape index (κ3) is 1.47. The smallest absolute Gasteiger partial charge is 0.177 e. The molecule has 1 aromatic rings. The molecule has 0 aliphatic carbocycles. The molecule has 1 heterocycles. The lowest BCUT2D eigenvalue weighted by atomic mass is 9.99. The van der Waals surface area contributed by atoms with Crippen molar-refractivity contribution in [3.8, 4) is 0 Å². The summed E-state index contributed by atoms with van der Waals surface area (Å²) in [5, 5.41) is 0. The minimum Gasteiger partial charge on any atom is -0.295 e. The van der Waals surface area contributed by atoms with Gasteiger partial charge in [0.05, 0.1) is 6.54 Å². The minimum atomic E-state index is -0.336. The van der Waals surface area contributed by atoms with Crippen molar-refractivity contribution in [1.82, 2.24) is 4.90 Å². The molecule has 0 atom stereocenters. The Morgan fingerprint density at radius 3 is 2.92 bits per heavy atom. The lowest BCUT2D eigenvalue weighted by Crippen LogP contribution is -2.31. The Morgan fingerprint density at radius 1 is 1.38 bits per heavy atom. The number of hydrogen-bond acceptors (Lipinski definition) is 2. The first-order valence-electron chi connectivity index (χ1n) is 4.17. The highest BCUT2D eigenvalue weighted by Gasteiger charge is 2.20. The number of halogens is 1. The molecule has 0 saturated heterocycles. The quantitative estimate of drug-likeness (QED) is 0.600. The van der Waals surface area contributed by atoms with Crippen LogP contribution in [0, 0.1) is 5.82 Å². The van der Waals surface area contributed by atoms with Crippen molar-refractivity contribution in [2.75, 3.05) is 13.6 Å². The van der Waals surface area contributed by atoms with Gasteiger partial charge in [-0.2, -0.15) is 0 Å². The molecule has 1 aliphatic rings. The Bertz CT molecular complexity index is 362. The van der Waals surface area contributed by atoms with Crippen LogP contribution in [-0.2, 0) is 6.54 Å². The monoisotopic (exact) mass is 179 g/mol. The van der Waals surface area contributed by atoms with Gasteiger partial charge >= 0.3 is 0 Å². The van der Waals surface area contributed by atoms with E-state index in [0.29, 0.717) is 12.1 Å². The molecule has 1 aromatic carbocycles. The molecular formula is C10H10FNO. The molecule has 0 radical (unpaired) electrons. The van der Waals surface area contributed by atoms with Gasteiger partial charge in [0.1, 0.15) is 5.82 Å². The van der Waals surface area contributed by atoms with Gasteiger partial charge in [0.25, 0.3) is 0 Å². The molecule has 13 heavy (non-hydrogen) atoms. The van der Waals surface area contributed by atoms with Crippen LogP contribution in [0.5, 0.6) is 0 Å². The van der Waals surface area contributed by atoms with Crippen LogP contribution in [-0.4, -0.2) is 24.3 Å². The first-order valence-corrected chi connectivity index (χ1v) is 4.17. The number of benzene rings is 1. The van der Waals surface area contributed by atoms with Gasteiger partial charge in [-0.25, -0.2) is 4.39 Å². The van der Waals surface area contributed by atoms with Crippen molar-refractivity contribution in [1.29, 1.82) is 0 Å². The van der Waals surface area contributed by atoms with Crippen molar-refractivity contribution >= 4 is 5.78 Å². The summed E-state index contributed by atoms with van der Waals surface area (Å²) in [6, 6.07) is 4.40. The van der Waals surface area contributed by atoms with Crippen LogP contribution in [0.25, 0.3) is 0 Å². The highest BCUT2D eigenvalue weighted by atomic mass is 19.1. The van der Waals surface area contributed by atoms with E-state index >= 15 is 0 Å². The number of carbonyl (C=O) groups is 1. The summed E-state index contributed by atoms with van der Waals surface area (Å²) < 4.78 is 12.8. The fourth-order valence-corrected chi connectivity index (χ4v) is 1.62. The number of ketones is 1. The summed E-state index contributed by atoms with van der Waals surface area (Å²) in [6.07, 6.45) is 0. The van der Waals surface area contributed by atoms with Gasteiger partial charge in [-0.05, 0) is 24.7 Å². The second-order valence-electron chi connectivity index (χ2n) is 3.40. The number of carbonyl (C=O) groups excluding carboxylic acids is 1. The lowest BCUT2D eigenvalue weighted by Gasteiger charge is -2.23. The van der Waals surface area contributed by atoms with E-state index in [9.17, 15) is 9.18 Å². The molecule has 68 valence electrons. The van der Waals surface area contributed by atoms with Crippen LogP contribution >= 0.6 is 0 Å². The van der Waals surface area contributed by atoms with Crippen molar-refractivity contribution < 1.29 is 9.18 Å². The third-order valence-corrected chi connectivity index (χ3v) is 2.23. The van der Waals surface area contributed by atoms with Crippen LogP contribution in [0.3, 0.4) is 0 Å². The maximum absolute atomic E-state index is 12.8. The lowest BCUT2D eigenvalue weighted by molar-refractivity contribution is 0.0922. The average Bonchev–Trinajstić information content (AvgIpc) is 2.06. The van der Waals surface area contributed by atoms with E-state index in [1.807, 2.05) is 11.9 Å². The zero-order chi connectivity index (χ0) is 9.42. The van der Waals surface area contributed by atoms with E-state index in [1.165, 1.54) is 12.1 Å². The minimum absolute atomic E-state index is 0.00301. The van der Waals surface area contributed by atoms with Gasteiger partial charge in [-0.1, -0.05) is 6.07 Å². The van der Waals surface area contributed by atoms with Gasteiger partial charge in [0.2, 0.25) is 0 Å². The molecular weight excluding hydrogens is 169 g/mol. The molecule has 3 heteroatoms. The Hall–Kier alpha value is -1.22. The molecule has 2 rings (SSSR count). The van der Waals surface area contributed by atoms with Crippen LogP contribution in [0.1, 0.15) is 15.9 Å². The fourth-order valence-electron chi connectivity index (χ4n) is 1.62. The summed E-state index contributed by atoms with van der Waals surface area (Å²) in [5.74, 6) is -0.333. The average molecular weight is 179 g/mol. The van der Waals surface area contributed by atoms with E-state index in [0.717, 1.165) is 12.1 Å². The van der Waals surface area contributed by atoms with Crippen molar-refractivity contribution in [2.24, 2.45) is 0 Å². The standard InChI is InChI=1S/C10H10FNO/c1-12-5-7-2-3-8(11)4-9(7)10(13)6-12/h2-4H,5-6H2,1H3. The first-order chi connectivity index (χ1) is 6.16. The van der Waals surface area contributed by atoms with Crippen molar-refractivity contribution in [3.63, 3.8) is 0 Å². The second-order valence-corrected chi connectivity index (χ2v) is 3.40. The van der Waals surface area contributed by atoms with Gasteiger partial charge in [-0.15, -0.1) is 0 Å². The number of fused-ring (bicyclic) bond motifs is 1. The van der Waals surface area contributed by atoms with Gasteiger partial charge in [-0.3, -0.25) is 9.69 Å². The van der Waals surface area contributed by atoms with E-state index < -0.39 is 0 Å². The Kier molecular flexibility index (Phi) is 1.88.